The lowest BCUT2D eigenvalue weighted by molar-refractivity contribution is -0.136. The van der Waals surface area contributed by atoms with Crippen molar-refractivity contribution in [3.8, 4) is 5.75 Å². The number of hydrogen-bond acceptors (Lipinski definition) is 4. The molecular formula is C24H20Cl2FN3O3. The Labute approximate surface area is 200 Å². The number of hydrazone groups is 1. The molecule has 3 rings (SSSR count). The summed E-state index contributed by atoms with van der Waals surface area (Å²) < 4.78 is 19.4. The number of anilines is 1. The molecule has 170 valence electrons. The Morgan fingerprint density at radius 2 is 1.64 bits per heavy atom. The molecule has 0 bridgehead atoms. The third-order valence-electron chi connectivity index (χ3n) is 4.76. The molecule has 2 amide bonds. The van der Waals surface area contributed by atoms with Gasteiger partial charge in [0.25, 0.3) is 0 Å². The van der Waals surface area contributed by atoms with Crippen molar-refractivity contribution in [3.63, 3.8) is 0 Å². The second-order valence-electron chi connectivity index (χ2n) is 7.02. The fourth-order valence-corrected chi connectivity index (χ4v) is 3.18. The van der Waals surface area contributed by atoms with Gasteiger partial charge >= 0.3 is 11.8 Å². The number of amides is 2. The summed E-state index contributed by atoms with van der Waals surface area (Å²) >= 11 is 12.0. The van der Waals surface area contributed by atoms with E-state index in [-0.39, 0.29) is 12.2 Å². The van der Waals surface area contributed by atoms with Crippen LogP contribution in [0.2, 0.25) is 10.0 Å². The lowest BCUT2D eigenvalue weighted by atomic mass is 10.1. The highest BCUT2D eigenvalue weighted by atomic mass is 35.5. The van der Waals surface area contributed by atoms with Gasteiger partial charge < -0.3 is 10.1 Å². The van der Waals surface area contributed by atoms with Gasteiger partial charge in [0.15, 0.2) is 0 Å². The molecule has 0 aromatic heterocycles. The zero-order valence-corrected chi connectivity index (χ0v) is 19.3. The van der Waals surface area contributed by atoms with Gasteiger partial charge in [-0.05, 0) is 73.5 Å². The van der Waals surface area contributed by atoms with Crippen LogP contribution in [0.25, 0.3) is 0 Å². The molecular weight excluding hydrogens is 468 g/mol. The van der Waals surface area contributed by atoms with E-state index < -0.39 is 17.6 Å². The van der Waals surface area contributed by atoms with Crippen LogP contribution in [0.5, 0.6) is 5.75 Å². The maximum atomic E-state index is 13.8. The van der Waals surface area contributed by atoms with Gasteiger partial charge in [-0.2, -0.15) is 5.10 Å². The zero-order chi connectivity index (χ0) is 24.0. The molecule has 0 heterocycles. The van der Waals surface area contributed by atoms with Gasteiger partial charge in [0.05, 0.1) is 10.7 Å². The van der Waals surface area contributed by atoms with Crippen molar-refractivity contribution >= 4 is 46.4 Å². The number of ether oxygens (including phenoxy) is 1. The first-order valence-electron chi connectivity index (χ1n) is 9.83. The van der Waals surface area contributed by atoms with Gasteiger partial charge in [0.1, 0.15) is 18.2 Å². The number of benzene rings is 3. The fraction of sp³-hybridized carbons (Fsp3) is 0.125. The summed E-state index contributed by atoms with van der Waals surface area (Å²) in [6.07, 6.45) is 0. The summed E-state index contributed by atoms with van der Waals surface area (Å²) in [6, 6.07) is 16.2. The number of halogens is 3. The van der Waals surface area contributed by atoms with Crippen molar-refractivity contribution in [1.29, 1.82) is 0 Å². The average molecular weight is 488 g/mol. The zero-order valence-electron chi connectivity index (χ0n) is 17.8. The molecule has 3 aromatic carbocycles. The highest BCUT2D eigenvalue weighted by molar-refractivity contribution is 6.40. The van der Waals surface area contributed by atoms with E-state index in [0.29, 0.717) is 38.3 Å². The van der Waals surface area contributed by atoms with Crippen LogP contribution in [0.1, 0.15) is 23.6 Å². The molecule has 0 fully saturated rings. The maximum Gasteiger partial charge on any atom is 0.329 e. The van der Waals surface area contributed by atoms with Crippen LogP contribution in [0.3, 0.4) is 0 Å². The minimum Gasteiger partial charge on any atom is -0.489 e. The maximum absolute atomic E-state index is 13.8. The van der Waals surface area contributed by atoms with E-state index in [4.69, 9.17) is 27.9 Å². The summed E-state index contributed by atoms with van der Waals surface area (Å²) in [4.78, 5) is 24.2. The lowest BCUT2D eigenvalue weighted by Gasteiger charge is -2.10. The molecule has 33 heavy (non-hydrogen) atoms. The molecule has 0 unspecified atom stereocenters. The molecule has 6 nitrogen and oxygen atoms in total. The smallest absolute Gasteiger partial charge is 0.329 e. The van der Waals surface area contributed by atoms with Crippen LogP contribution in [-0.4, -0.2) is 17.5 Å². The van der Waals surface area contributed by atoms with Crippen molar-refractivity contribution in [1.82, 2.24) is 5.43 Å². The van der Waals surface area contributed by atoms with Crippen molar-refractivity contribution in [3.05, 3.63) is 93.2 Å². The molecule has 0 atom stereocenters. The second-order valence-corrected chi connectivity index (χ2v) is 7.83. The lowest BCUT2D eigenvalue weighted by Crippen LogP contribution is -2.33. The summed E-state index contributed by atoms with van der Waals surface area (Å²) in [5.74, 6) is -1.72. The number of carbonyl (C=O) groups is 2. The molecule has 0 saturated heterocycles. The predicted octanol–water partition coefficient (Wildman–Crippen LogP) is 5.50. The van der Waals surface area contributed by atoms with Crippen LogP contribution < -0.4 is 15.5 Å². The first-order chi connectivity index (χ1) is 15.8. The fourth-order valence-electron chi connectivity index (χ4n) is 2.79. The molecule has 0 radical (unpaired) electrons. The summed E-state index contributed by atoms with van der Waals surface area (Å²) in [5.41, 5.74) is 4.75. The topological polar surface area (TPSA) is 79.8 Å². The number of nitrogens with one attached hydrogen (secondary N) is 2. The summed E-state index contributed by atoms with van der Waals surface area (Å²) in [6.45, 7) is 3.39. The van der Waals surface area contributed by atoms with E-state index in [0.717, 1.165) is 0 Å². The standard InChI is InChI=1S/C24H20Cl2FN3O3/c1-14-19(25)5-4-8-22(14)28-23(31)24(32)30-29-15(2)16-9-11-17(12-10-16)33-13-18-20(26)6-3-7-21(18)27/h3-12H,13H2,1-2H3,(H,28,31)(H,30,32). The number of nitrogens with zero attached hydrogens (tertiary/aromatic N) is 1. The third kappa shape index (κ3) is 6.31. The third-order valence-corrected chi connectivity index (χ3v) is 5.53. The second kappa shape index (κ2) is 10.9. The Bertz CT molecular complexity index is 1190. The molecule has 0 spiro atoms. The monoisotopic (exact) mass is 487 g/mol. The Kier molecular flexibility index (Phi) is 8.03. The van der Waals surface area contributed by atoms with Crippen LogP contribution in [0.15, 0.2) is 65.8 Å². The average Bonchev–Trinajstić information content (AvgIpc) is 2.80. The van der Waals surface area contributed by atoms with Crippen LogP contribution >= 0.6 is 23.2 Å². The van der Waals surface area contributed by atoms with Crippen molar-refractivity contribution in [2.45, 2.75) is 20.5 Å². The van der Waals surface area contributed by atoms with Gasteiger partial charge in [-0.25, -0.2) is 9.82 Å². The Morgan fingerprint density at radius 1 is 0.970 bits per heavy atom. The normalized spacial score (nSPS) is 11.1. The van der Waals surface area contributed by atoms with E-state index in [1.165, 1.54) is 12.1 Å². The van der Waals surface area contributed by atoms with Crippen LogP contribution in [-0.2, 0) is 16.2 Å². The highest BCUT2D eigenvalue weighted by Gasteiger charge is 2.15. The van der Waals surface area contributed by atoms with Crippen LogP contribution in [0, 0.1) is 12.7 Å². The minimum atomic E-state index is -0.921. The first-order valence-corrected chi connectivity index (χ1v) is 10.6. The molecule has 0 aliphatic rings. The Balaban J connectivity index is 1.57. The van der Waals surface area contributed by atoms with E-state index in [9.17, 15) is 14.0 Å². The Hall–Kier alpha value is -3.42. The van der Waals surface area contributed by atoms with E-state index >= 15 is 0 Å². The van der Waals surface area contributed by atoms with Gasteiger partial charge in [-0.15, -0.1) is 0 Å². The minimum absolute atomic E-state index is 0.0187. The van der Waals surface area contributed by atoms with Crippen LogP contribution in [0.4, 0.5) is 10.1 Å². The Morgan fingerprint density at radius 3 is 2.33 bits per heavy atom. The first kappa shape index (κ1) is 24.2. The number of carbonyl (C=O) groups excluding carboxylic acids is 2. The number of rotatable bonds is 6. The van der Waals surface area contributed by atoms with E-state index in [1.807, 2.05) is 0 Å². The van der Waals surface area contributed by atoms with E-state index in [2.05, 4.69) is 15.8 Å². The van der Waals surface area contributed by atoms with Gasteiger partial charge in [-0.3, -0.25) is 9.59 Å². The predicted molar refractivity (Wildman–Crippen MR) is 127 cm³/mol. The van der Waals surface area contributed by atoms with Crippen molar-refractivity contribution < 1.29 is 18.7 Å². The molecule has 0 aliphatic heterocycles. The highest BCUT2D eigenvalue weighted by Crippen LogP contribution is 2.23. The summed E-state index contributed by atoms with van der Waals surface area (Å²) in [5, 5.41) is 7.24. The SMILES string of the molecule is CC(=NNC(=O)C(=O)Nc1cccc(Cl)c1C)c1ccc(OCc2c(F)cccc2Cl)cc1. The largest absolute Gasteiger partial charge is 0.489 e. The van der Waals surface area contributed by atoms with Gasteiger partial charge in [-0.1, -0.05) is 35.3 Å². The molecule has 9 heteroatoms. The number of hydrogen-bond donors (Lipinski definition) is 2. The van der Waals surface area contributed by atoms with Gasteiger partial charge in [0.2, 0.25) is 0 Å². The quantitative estimate of drug-likeness (QED) is 0.273. The van der Waals surface area contributed by atoms with Crippen molar-refractivity contribution in [2.75, 3.05) is 5.32 Å². The molecule has 2 N–H and O–H groups in total. The molecule has 0 saturated carbocycles. The summed E-state index contributed by atoms with van der Waals surface area (Å²) in [7, 11) is 0. The van der Waals surface area contributed by atoms with Crippen molar-refractivity contribution in [2.24, 2.45) is 5.10 Å². The molecule has 3 aromatic rings. The van der Waals surface area contributed by atoms with Gasteiger partial charge in [0, 0.05) is 16.3 Å². The molecule has 0 aliphatic carbocycles. The van der Waals surface area contributed by atoms with E-state index in [1.54, 1.807) is 62.4 Å².